The number of hydrogen-bond acceptors (Lipinski definition) is 7. The lowest BCUT2D eigenvalue weighted by Crippen LogP contribution is -2.49. The number of ether oxygens (including phenoxy) is 2. The number of carboxylic acid groups (broad SMARTS) is 1. The van der Waals surface area contributed by atoms with Gasteiger partial charge in [0.15, 0.2) is 0 Å². The summed E-state index contributed by atoms with van der Waals surface area (Å²) in [7, 11) is 0. The van der Waals surface area contributed by atoms with Crippen LogP contribution in [0.3, 0.4) is 0 Å². The van der Waals surface area contributed by atoms with Gasteiger partial charge in [-0.25, -0.2) is 4.79 Å². The van der Waals surface area contributed by atoms with Gasteiger partial charge in [-0.15, -0.1) is 13.2 Å². The summed E-state index contributed by atoms with van der Waals surface area (Å²) in [5.41, 5.74) is 3.84. The van der Waals surface area contributed by atoms with Crippen LogP contribution in [0, 0.1) is 0 Å². The number of rotatable bonds is 10. The highest BCUT2D eigenvalue weighted by molar-refractivity contribution is 5.87. The van der Waals surface area contributed by atoms with Gasteiger partial charge < -0.3 is 24.0 Å². The number of nitrogens with zero attached hydrogens (tertiary/aromatic N) is 4. The van der Waals surface area contributed by atoms with Crippen molar-refractivity contribution in [3.05, 3.63) is 71.6 Å². The minimum Gasteiger partial charge on any atom is -0.477 e. The highest BCUT2D eigenvalue weighted by Crippen LogP contribution is 2.46. The standard InChI is InChI=1S/C34H37F3N4O5/c1-19(2)41-29(33(42)43)17-28(38-41)22-11-13-24(14-12-22)40-20(3)15-25(16-21(40)4)44-18-27-31(39-46-32(27)23-9-10-23)26-7-5-6-8-30(26)45-34(35,36)37/h5-8,11-14,17,19-21,23,25H,9-10,15-16,18H2,1-4H3,(H,42,43)/t20-,21+,25?. The number of piperidine rings is 1. The van der Waals surface area contributed by atoms with Gasteiger partial charge in [0.2, 0.25) is 0 Å². The third kappa shape index (κ3) is 6.62. The first-order valence-electron chi connectivity index (χ1n) is 15.6. The van der Waals surface area contributed by atoms with E-state index >= 15 is 0 Å². The van der Waals surface area contributed by atoms with Gasteiger partial charge in [-0.2, -0.15) is 5.10 Å². The molecule has 1 saturated carbocycles. The molecule has 12 heteroatoms. The van der Waals surface area contributed by atoms with Crippen LogP contribution >= 0.6 is 0 Å². The first-order valence-corrected chi connectivity index (χ1v) is 15.6. The van der Waals surface area contributed by atoms with Gasteiger partial charge in [-0.05, 0) is 83.7 Å². The fourth-order valence-corrected chi connectivity index (χ4v) is 6.47. The number of aromatic nitrogens is 3. The van der Waals surface area contributed by atoms with E-state index < -0.39 is 12.3 Å². The van der Waals surface area contributed by atoms with E-state index in [0.29, 0.717) is 22.7 Å². The van der Waals surface area contributed by atoms with E-state index in [1.807, 2.05) is 38.1 Å². The van der Waals surface area contributed by atoms with E-state index in [1.54, 1.807) is 18.2 Å². The molecular weight excluding hydrogens is 601 g/mol. The Kier molecular flexibility index (Phi) is 8.58. The van der Waals surface area contributed by atoms with E-state index in [9.17, 15) is 23.1 Å². The molecule has 1 unspecified atom stereocenters. The number of aromatic carboxylic acids is 1. The number of carboxylic acids is 1. The van der Waals surface area contributed by atoms with Crippen LogP contribution in [0.1, 0.15) is 87.2 Å². The Hall–Kier alpha value is -4.32. The topological polar surface area (TPSA) is 103 Å². The minimum atomic E-state index is -4.84. The van der Waals surface area contributed by atoms with E-state index in [2.05, 4.69) is 33.7 Å². The largest absolute Gasteiger partial charge is 0.573 e. The summed E-state index contributed by atoms with van der Waals surface area (Å²) in [6, 6.07) is 15.7. The minimum absolute atomic E-state index is 0.0774. The monoisotopic (exact) mass is 638 g/mol. The van der Waals surface area contributed by atoms with Crippen molar-refractivity contribution in [1.82, 2.24) is 14.9 Å². The van der Waals surface area contributed by atoms with Gasteiger partial charge in [-0.1, -0.05) is 29.4 Å². The van der Waals surface area contributed by atoms with Gasteiger partial charge >= 0.3 is 12.3 Å². The molecule has 6 rings (SSSR count). The molecular formula is C34H37F3N4O5. The zero-order valence-electron chi connectivity index (χ0n) is 26.1. The number of para-hydroxylation sites is 1. The van der Waals surface area contributed by atoms with Crippen LogP contribution in [0.25, 0.3) is 22.5 Å². The van der Waals surface area contributed by atoms with Crippen molar-refractivity contribution in [2.45, 2.75) is 96.5 Å². The molecule has 0 amide bonds. The van der Waals surface area contributed by atoms with E-state index in [0.717, 1.165) is 36.9 Å². The van der Waals surface area contributed by atoms with Crippen molar-refractivity contribution in [2.75, 3.05) is 4.90 Å². The average Bonchev–Trinajstić information content (AvgIpc) is 3.58. The maximum Gasteiger partial charge on any atom is 0.573 e. The first-order chi connectivity index (χ1) is 21.9. The molecule has 9 nitrogen and oxygen atoms in total. The van der Waals surface area contributed by atoms with Crippen molar-refractivity contribution in [3.8, 4) is 28.3 Å². The Labute approximate surface area is 264 Å². The van der Waals surface area contributed by atoms with Gasteiger partial charge in [0.05, 0.1) is 18.4 Å². The molecule has 4 aromatic rings. The van der Waals surface area contributed by atoms with Crippen molar-refractivity contribution in [1.29, 1.82) is 0 Å². The van der Waals surface area contributed by atoms with Gasteiger partial charge in [0.25, 0.3) is 0 Å². The predicted molar refractivity (Wildman–Crippen MR) is 165 cm³/mol. The number of carbonyl (C=O) groups is 1. The van der Waals surface area contributed by atoms with Crippen molar-refractivity contribution in [3.63, 3.8) is 0 Å². The molecule has 0 bridgehead atoms. The predicted octanol–water partition coefficient (Wildman–Crippen LogP) is 8.22. The van der Waals surface area contributed by atoms with Crippen LogP contribution in [-0.2, 0) is 11.3 Å². The maximum absolute atomic E-state index is 13.1. The second-order valence-electron chi connectivity index (χ2n) is 12.5. The van der Waals surface area contributed by atoms with E-state index in [-0.39, 0.29) is 53.8 Å². The molecule has 46 heavy (non-hydrogen) atoms. The molecule has 2 aromatic carbocycles. The summed E-state index contributed by atoms with van der Waals surface area (Å²) in [6.07, 6.45) is -1.54. The average molecular weight is 639 g/mol. The van der Waals surface area contributed by atoms with Gasteiger partial charge in [0, 0.05) is 46.4 Å². The molecule has 244 valence electrons. The maximum atomic E-state index is 13.1. The third-order valence-corrected chi connectivity index (χ3v) is 8.66. The Bertz CT molecular complexity index is 1680. The van der Waals surface area contributed by atoms with Crippen LogP contribution in [0.15, 0.2) is 59.1 Å². The molecule has 3 atom stereocenters. The number of benzene rings is 2. The number of halogens is 3. The van der Waals surface area contributed by atoms with Crippen LogP contribution in [0.5, 0.6) is 5.75 Å². The zero-order chi connectivity index (χ0) is 32.7. The molecule has 1 N–H and O–H groups in total. The molecule has 2 aliphatic rings. The van der Waals surface area contributed by atoms with Crippen LogP contribution in [-0.4, -0.2) is 50.6 Å². The molecule has 1 saturated heterocycles. The summed E-state index contributed by atoms with van der Waals surface area (Å²) in [5.74, 6) is -0.484. The Morgan fingerprint density at radius 1 is 1.07 bits per heavy atom. The van der Waals surface area contributed by atoms with E-state index in [1.165, 1.54) is 16.8 Å². The van der Waals surface area contributed by atoms with Crippen molar-refractivity contribution in [2.24, 2.45) is 0 Å². The third-order valence-electron chi connectivity index (χ3n) is 8.66. The molecule has 3 heterocycles. The molecule has 0 spiro atoms. The molecule has 1 aliphatic heterocycles. The summed E-state index contributed by atoms with van der Waals surface area (Å²) < 4.78 is 57.4. The molecule has 1 aliphatic carbocycles. The van der Waals surface area contributed by atoms with Crippen LogP contribution in [0.2, 0.25) is 0 Å². The summed E-state index contributed by atoms with van der Waals surface area (Å²) in [5, 5.41) is 18.3. The number of hydrogen-bond donors (Lipinski definition) is 1. The van der Waals surface area contributed by atoms with Gasteiger partial charge in [0.1, 0.15) is 22.9 Å². The first kappa shape index (κ1) is 31.7. The molecule has 2 fully saturated rings. The van der Waals surface area contributed by atoms with E-state index in [4.69, 9.17) is 9.26 Å². The highest BCUT2D eigenvalue weighted by atomic mass is 19.4. The zero-order valence-corrected chi connectivity index (χ0v) is 26.1. The molecule has 0 radical (unpaired) electrons. The Morgan fingerprint density at radius 2 is 1.74 bits per heavy atom. The second-order valence-corrected chi connectivity index (χ2v) is 12.5. The summed E-state index contributed by atoms with van der Waals surface area (Å²) in [6.45, 7) is 8.26. The Morgan fingerprint density at radius 3 is 2.33 bits per heavy atom. The quantitative estimate of drug-likeness (QED) is 0.185. The molecule has 2 aromatic heterocycles. The normalized spacial score (nSPS) is 20.3. The lowest BCUT2D eigenvalue weighted by molar-refractivity contribution is -0.274. The lowest BCUT2D eigenvalue weighted by atomic mass is 9.93. The smallest absolute Gasteiger partial charge is 0.477 e. The van der Waals surface area contributed by atoms with Crippen LogP contribution in [0.4, 0.5) is 18.9 Å². The second kappa shape index (κ2) is 12.5. The van der Waals surface area contributed by atoms with Gasteiger partial charge in [-0.3, -0.25) is 4.68 Å². The van der Waals surface area contributed by atoms with Crippen molar-refractivity contribution >= 4 is 11.7 Å². The summed E-state index contributed by atoms with van der Waals surface area (Å²) in [4.78, 5) is 14.1. The van der Waals surface area contributed by atoms with Crippen LogP contribution < -0.4 is 9.64 Å². The highest BCUT2D eigenvalue weighted by Gasteiger charge is 2.37. The Balaban J connectivity index is 1.16. The SMILES string of the molecule is CC(C)n1nc(-c2ccc(N3[C@H](C)CC(OCc4c(-c5ccccc5OC(F)(F)F)noc4C4CC4)C[C@@H]3C)cc2)cc1C(=O)O. The fourth-order valence-electron chi connectivity index (χ4n) is 6.47. The summed E-state index contributed by atoms with van der Waals surface area (Å²) >= 11 is 0. The number of alkyl halides is 3. The fraction of sp³-hybridized carbons (Fsp3) is 0.441. The van der Waals surface area contributed by atoms with Crippen molar-refractivity contribution < 1.29 is 37.1 Å². The lowest BCUT2D eigenvalue weighted by Gasteiger charge is -2.44. The number of anilines is 1.